The molecule has 3 N–H and O–H groups in total. The number of aliphatic imine (C=N–C) groups is 1. The van der Waals surface area contributed by atoms with Gasteiger partial charge >= 0.3 is 0 Å². The van der Waals surface area contributed by atoms with Crippen molar-refractivity contribution in [3.8, 4) is 0 Å². The van der Waals surface area contributed by atoms with E-state index in [1.54, 1.807) is 0 Å². The lowest BCUT2D eigenvalue weighted by Crippen LogP contribution is -2.38. The highest BCUT2D eigenvalue weighted by molar-refractivity contribution is 5.83. The summed E-state index contributed by atoms with van der Waals surface area (Å²) in [6.07, 6.45) is 3.65. The highest BCUT2D eigenvalue weighted by Crippen LogP contribution is 2.17. The van der Waals surface area contributed by atoms with Gasteiger partial charge in [-0.05, 0) is 25.0 Å². The first-order chi connectivity index (χ1) is 13.2. The SMILES string of the molecule is CCNC(=NCCc1nc(C(C)C)no1)NCCc1c[nH]c2ccccc12. The van der Waals surface area contributed by atoms with E-state index in [9.17, 15) is 0 Å². The third-order valence-electron chi connectivity index (χ3n) is 4.30. The van der Waals surface area contributed by atoms with Crippen LogP contribution in [0.5, 0.6) is 0 Å². The van der Waals surface area contributed by atoms with E-state index in [1.807, 2.05) is 19.9 Å². The van der Waals surface area contributed by atoms with E-state index in [-0.39, 0.29) is 5.92 Å². The zero-order valence-electron chi connectivity index (χ0n) is 16.2. The Kier molecular flexibility index (Phi) is 6.46. The van der Waals surface area contributed by atoms with Crippen molar-refractivity contribution in [3.05, 3.63) is 47.7 Å². The first-order valence-electron chi connectivity index (χ1n) is 9.57. The summed E-state index contributed by atoms with van der Waals surface area (Å²) in [6, 6.07) is 8.36. The molecule has 7 nitrogen and oxygen atoms in total. The van der Waals surface area contributed by atoms with Crippen LogP contribution in [0.1, 0.15) is 44.0 Å². The molecular weight excluding hydrogens is 340 g/mol. The van der Waals surface area contributed by atoms with Gasteiger partial charge in [-0.3, -0.25) is 4.99 Å². The fourth-order valence-corrected chi connectivity index (χ4v) is 2.86. The number of aromatic amines is 1. The molecule has 3 aromatic rings. The van der Waals surface area contributed by atoms with Crippen LogP contribution < -0.4 is 10.6 Å². The second-order valence-corrected chi connectivity index (χ2v) is 6.75. The topological polar surface area (TPSA) is 91.1 Å². The first-order valence-corrected chi connectivity index (χ1v) is 9.57. The van der Waals surface area contributed by atoms with E-state index in [1.165, 1.54) is 16.5 Å². The lowest BCUT2D eigenvalue weighted by molar-refractivity contribution is 0.372. The highest BCUT2D eigenvalue weighted by atomic mass is 16.5. The first kappa shape index (κ1) is 18.9. The number of nitrogens with one attached hydrogen (secondary N) is 3. The molecule has 2 heterocycles. The van der Waals surface area contributed by atoms with E-state index >= 15 is 0 Å². The van der Waals surface area contributed by atoms with Gasteiger partial charge in [0.1, 0.15) is 0 Å². The van der Waals surface area contributed by atoms with Gasteiger partial charge in [-0.25, -0.2) is 0 Å². The van der Waals surface area contributed by atoms with E-state index < -0.39 is 0 Å². The van der Waals surface area contributed by atoms with Gasteiger partial charge in [0.15, 0.2) is 11.8 Å². The molecule has 0 amide bonds. The highest BCUT2D eigenvalue weighted by Gasteiger charge is 2.09. The summed E-state index contributed by atoms with van der Waals surface area (Å²) < 4.78 is 5.26. The quantitative estimate of drug-likeness (QED) is 0.420. The van der Waals surface area contributed by atoms with Gasteiger partial charge in [0.05, 0.1) is 6.54 Å². The molecule has 0 radical (unpaired) electrons. The van der Waals surface area contributed by atoms with Gasteiger partial charge in [-0.1, -0.05) is 37.2 Å². The standard InChI is InChI=1S/C20H28N6O/c1-4-21-20(23-12-10-18-25-19(14(2)3)26-27-18)22-11-9-15-13-24-17-8-6-5-7-16(15)17/h5-8,13-14,24H,4,9-12H2,1-3H3,(H2,21,22,23). The van der Waals surface area contributed by atoms with Crippen molar-refractivity contribution in [2.75, 3.05) is 19.6 Å². The molecule has 2 aromatic heterocycles. The molecule has 0 aliphatic rings. The molecule has 0 saturated heterocycles. The number of benzene rings is 1. The summed E-state index contributed by atoms with van der Waals surface area (Å²) in [5, 5.41) is 11.9. The number of hydrogen-bond donors (Lipinski definition) is 3. The number of fused-ring (bicyclic) bond motifs is 1. The van der Waals surface area contributed by atoms with Crippen LogP contribution in [-0.4, -0.2) is 40.7 Å². The van der Waals surface area contributed by atoms with Crippen molar-refractivity contribution in [2.24, 2.45) is 4.99 Å². The fraction of sp³-hybridized carbons (Fsp3) is 0.450. The van der Waals surface area contributed by atoms with Crippen LogP contribution in [-0.2, 0) is 12.8 Å². The van der Waals surface area contributed by atoms with Crippen molar-refractivity contribution < 1.29 is 4.52 Å². The van der Waals surface area contributed by atoms with Crippen LogP contribution in [0, 0.1) is 0 Å². The monoisotopic (exact) mass is 368 g/mol. The molecule has 0 atom stereocenters. The Morgan fingerprint density at radius 1 is 1.22 bits per heavy atom. The molecular formula is C20H28N6O. The van der Waals surface area contributed by atoms with Crippen molar-refractivity contribution in [2.45, 2.75) is 39.5 Å². The molecule has 0 spiro atoms. The van der Waals surface area contributed by atoms with Crippen molar-refractivity contribution in [1.29, 1.82) is 0 Å². The van der Waals surface area contributed by atoms with Crippen LogP contribution in [0.3, 0.4) is 0 Å². The molecule has 0 saturated carbocycles. The molecule has 7 heteroatoms. The van der Waals surface area contributed by atoms with Crippen LogP contribution in [0.15, 0.2) is 40.0 Å². The minimum Gasteiger partial charge on any atom is -0.361 e. The van der Waals surface area contributed by atoms with E-state index in [2.05, 4.69) is 62.1 Å². The van der Waals surface area contributed by atoms with Crippen molar-refractivity contribution >= 4 is 16.9 Å². The molecule has 3 rings (SSSR count). The van der Waals surface area contributed by atoms with Crippen LogP contribution in [0.4, 0.5) is 0 Å². The lowest BCUT2D eigenvalue weighted by atomic mass is 10.1. The zero-order chi connectivity index (χ0) is 19.1. The normalized spacial score (nSPS) is 12.1. The van der Waals surface area contributed by atoms with Crippen molar-refractivity contribution in [1.82, 2.24) is 25.8 Å². The molecule has 0 aliphatic carbocycles. The second kappa shape index (κ2) is 9.21. The van der Waals surface area contributed by atoms with Gasteiger partial charge in [0.2, 0.25) is 5.89 Å². The van der Waals surface area contributed by atoms with E-state index in [0.29, 0.717) is 18.9 Å². The third-order valence-corrected chi connectivity index (χ3v) is 4.30. The number of guanidine groups is 1. The summed E-state index contributed by atoms with van der Waals surface area (Å²) in [4.78, 5) is 12.3. The second-order valence-electron chi connectivity index (χ2n) is 6.75. The van der Waals surface area contributed by atoms with Crippen LogP contribution in [0.2, 0.25) is 0 Å². The summed E-state index contributed by atoms with van der Waals surface area (Å²) in [7, 11) is 0. The Morgan fingerprint density at radius 2 is 2.07 bits per heavy atom. The maximum Gasteiger partial charge on any atom is 0.228 e. The molecule has 0 fully saturated rings. The van der Waals surface area contributed by atoms with Crippen molar-refractivity contribution in [3.63, 3.8) is 0 Å². The summed E-state index contributed by atoms with van der Waals surface area (Å²) >= 11 is 0. The Balaban J connectivity index is 1.51. The predicted molar refractivity (Wildman–Crippen MR) is 108 cm³/mol. The summed E-state index contributed by atoms with van der Waals surface area (Å²) in [6.45, 7) is 8.38. The average molecular weight is 368 g/mol. The van der Waals surface area contributed by atoms with Gasteiger partial charge in [-0.2, -0.15) is 4.98 Å². The molecule has 0 aliphatic heterocycles. The van der Waals surface area contributed by atoms with E-state index in [0.717, 1.165) is 31.3 Å². The Hall–Kier alpha value is -2.83. The third kappa shape index (κ3) is 5.09. The van der Waals surface area contributed by atoms with Gasteiger partial charge in [0.25, 0.3) is 0 Å². The molecule has 0 unspecified atom stereocenters. The summed E-state index contributed by atoms with van der Waals surface area (Å²) in [5.41, 5.74) is 2.48. The molecule has 1 aromatic carbocycles. The molecule has 144 valence electrons. The zero-order valence-corrected chi connectivity index (χ0v) is 16.2. The van der Waals surface area contributed by atoms with Gasteiger partial charge in [-0.15, -0.1) is 0 Å². The number of H-pyrrole nitrogens is 1. The Bertz CT molecular complexity index is 879. The smallest absolute Gasteiger partial charge is 0.228 e. The lowest BCUT2D eigenvalue weighted by Gasteiger charge is -2.10. The minimum atomic E-state index is 0.273. The molecule has 0 bridgehead atoms. The minimum absolute atomic E-state index is 0.273. The average Bonchev–Trinajstić information content (AvgIpc) is 3.29. The van der Waals surface area contributed by atoms with Gasteiger partial charge < -0.3 is 20.1 Å². The maximum atomic E-state index is 5.26. The number of para-hydroxylation sites is 1. The van der Waals surface area contributed by atoms with Crippen LogP contribution in [0.25, 0.3) is 10.9 Å². The predicted octanol–water partition coefficient (Wildman–Crippen LogP) is 3.01. The van der Waals surface area contributed by atoms with E-state index in [4.69, 9.17) is 4.52 Å². The number of aromatic nitrogens is 3. The number of hydrogen-bond acceptors (Lipinski definition) is 4. The molecule has 27 heavy (non-hydrogen) atoms. The number of nitrogens with zero attached hydrogens (tertiary/aromatic N) is 3. The summed E-state index contributed by atoms with van der Waals surface area (Å²) in [5.74, 6) is 2.46. The Morgan fingerprint density at radius 3 is 2.85 bits per heavy atom. The largest absolute Gasteiger partial charge is 0.361 e. The Labute approximate surface area is 159 Å². The fourth-order valence-electron chi connectivity index (χ4n) is 2.86. The number of rotatable bonds is 8. The maximum absolute atomic E-state index is 5.26. The van der Waals surface area contributed by atoms with Gasteiger partial charge in [0, 0.05) is 42.5 Å². The van der Waals surface area contributed by atoms with Crippen LogP contribution >= 0.6 is 0 Å².